The molecular weight excluding hydrogens is 399 g/mol. The van der Waals surface area contributed by atoms with Gasteiger partial charge < -0.3 is 19.6 Å². The first-order valence-corrected chi connectivity index (χ1v) is 8.56. The van der Waals surface area contributed by atoms with Crippen LogP contribution in [0.25, 0.3) is 11.0 Å². The van der Waals surface area contributed by atoms with E-state index in [4.69, 9.17) is 16.3 Å². The first-order valence-electron chi connectivity index (χ1n) is 8.18. The molecule has 1 aromatic heterocycles. The van der Waals surface area contributed by atoms with Crippen LogP contribution in [0.15, 0.2) is 47.3 Å². The average Bonchev–Trinajstić information content (AvgIpc) is 3.02. The van der Waals surface area contributed by atoms with E-state index in [9.17, 15) is 22.8 Å². The molecule has 0 saturated carbocycles. The largest absolute Gasteiger partial charge is 0.489 e. The van der Waals surface area contributed by atoms with Gasteiger partial charge in [-0.05, 0) is 29.8 Å². The number of carbonyl (C=O) groups excluding carboxylic acids is 1. The molecule has 0 spiro atoms. The number of H-pyrrole nitrogens is 2. The number of nitrogens with zero attached hydrogens (tertiary/aromatic N) is 1. The SMILES string of the molecule is O=C(N(CCOc1cccc2[nH]c(=O)[nH]c12)Cc1ccc(Cl)cc1)C(F)(F)F. The summed E-state index contributed by atoms with van der Waals surface area (Å²) in [4.78, 5) is 28.9. The van der Waals surface area contributed by atoms with E-state index in [1.807, 2.05) is 0 Å². The van der Waals surface area contributed by atoms with Gasteiger partial charge in [0.1, 0.15) is 17.9 Å². The molecule has 0 radical (unpaired) electrons. The van der Waals surface area contributed by atoms with E-state index in [-0.39, 0.29) is 19.7 Å². The molecule has 0 aliphatic heterocycles. The lowest BCUT2D eigenvalue weighted by molar-refractivity contribution is -0.186. The zero-order valence-electron chi connectivity index (χ0n) is 14.3. The Kier molecular flexibility index (Phi) is 5.64. The fourth-order valence-corrected chi connectivity index (χ4v) is 2.79. The van der Waals surface area contributed by atoms with Crippen molar-refractivity contribution in [3.63, 3.8) is 0 Å². The number of hydrogen-bond acceptors (Lipinski definition) is 3. The van der Waals surface area contributed by atoms with Crippen molar-refractivity contribution < 1.29 is 22.7 Å². The highest BCUT2D eigenvalue weighted by Gasteiger charge is 2.42. The summed E-state index contributed by atoms with van der Waals surface area (Å²) in [6.07, 6.45) is -5.00. The van der Waals surface area contributed by atoms with Gasteiger partial charge in [-0.25, -0.2) is 4.79 Å². The van der Waals surface area contributed by atoms with Crippen molar-refractivity contribution in [2.75, 3.05) is 13.2 Å². The number of carbonyl (C=O) groups is 1. The topological polar surface area (TPSA) is 78.2 Å². The van der Waals surface area contributed by atoms with Gasteiger partial charge in [-0.1, -0.05) is 29.8 Å². The quantitative estimate of drug-likeness (QED) is 0.649. The molecule has 28 heavy (non-hydrogen) atoms. The van der Waals surface area contributed by atoms with Crippen molar-refractivity contribution in [1.82, 2.24) is 14.9 Å². The van der Waals surface area contributed by atoms with Crippen LogP contribution in [-0.4, -0.2) is 40.1 Å². The Morgan fingerprint density at radius 2 is 1.82 bits per heavy atom. The number of rotatable bonds is 6. The number of halogens is 4. The Hall–Kier alpha value is -2.94. The Balaban J connectivity index is 1.72. The molecule has 2 aromatic carbocycles. The van der Waals surface area contributed by atoms with Crippen LogP contribution in [0.5, 0.6) is 5.75 Å². The molecule has 6 nitrogen and oxygen atoms in total. The maximum atomic E-state index is 12.9. The number of amides is 1. The second-order valence-corrected chi connectivity index (χ2v) is 6.39. The van der Waals surface area contributed by atoms with E-state index in [0.717, 1.165) is 0 Å². The number of hydrogen-bond donors (Lipinski definition) is 2. The van der Waals surface area contributed by atoms with Crippen LogP contribution in [0.4, 0.5) is 13.2 Å². The third-order valence-electron chi connectivity index (χ3n) is 3.95. The van der Waals surface area contributed by atoms with Crippen molar-refractivity contribution in [3.05, 3.63) is 63.5 Å². The summed E-state index contributed by atoms with van der Waals surface area (Å²) < 4.78 is 44.3. The third-order valence-corrected chi connectivity index (χ3v) is 4.20. The molecule has 3 aromatic rings. The van der Waals surface area contributed by atoms with Gasteiger partial charge in [-0.3, -0.25) is 4.79 Å². The predicted octanol–water partition coefficient (Wildman–Crippen LogP) is 3.48. The van der Waals surface area contributed by atoms with Crippen LogP contribution in [0.2, 0.25) is 5.02 Å². The highest BCUT2D eigenvalue weighted by Crippen LogP contribution is 2.23. The van der Waals surface area contributed by atoms with Crippen LogP contribution < -0.4 is 10.4 Å². The van der Waals surface area contributed by atoms with E-state index in [2.05, 4.69) is 9.97 Å². The van der Waals surface area contributed by atoms with Crippen LogP contribution in [0.1, 0.15) is 5.56 Å². The molecule has 2 N–H and O–H groups in total. The minimum atomic E-state index is -5.00. The summed E-state index contributed by atoms with van der Waals surface area (Å²) >= 11 is 5.78. The van der Waals surface area contributed by atoms with Gasteiger partial charge in [-0.15, -0.1) is 0 Å². The van der Waals surface area contributed by atoms with E-state index >= 15 is 0 Å². The Bertz CT molecular complexity index is 1030. The van der Waals surface area contributed by atoms with Gasteiger partial charge >= 0.3 is 17.8 Å². The fraction of sp³-hybridized carbons (Fsp3) is 0.222. The van der Waals surface area contributed by atoms with Gasteiger partial charge in [-0.2, -0.15) is 13.2 Å². The smallest absolute Gasteiger partial charge is 0.471 e. The Morgan fingerprint density at radius 3 is 2.50 bits per heavy atom. The van der Waals surface area contributed by atoms with E-state index < -0.39 is 17.8 Å². The lowest BCUT2D eigenvalue weighted by Gasteiger charge is -2.24. The number of ether oxygens (including phenoxy) is 1. The molecule has 3 rings (SSSR count). The molecule has 0 atom stereocenters. The lowest BCUT2D eigenvalue weighted by atomic mass is 10.2. The highest BCUT2D eigenvalue weighted by molar-refractivity contribution is 6.30. The lowest BCUT2D eigenvalue weighted by Crippen LogP contribution is -2.42. The normalized spacial score (nSPS) is 11.6. The second kappa shape index (κ2) is 7.97. The maximum Gasteiger partial charge on any atom is 0.471 e. The molecule has 0 aliphatic carbocycles. The number of aromatic nitrogens is 2. The van der Waals surface area contributed by atoms with Crippen molar-refractivity contribution >= 4 is 28.5 Å². The highest BCUT2D eigenvalue weighted by atomic mass is 35.5. The number of alkyl halides is 3. The molecule has 148 valence electrons. The molecule has 0 fully saturated rings. The van der Waals surface area contributed by atoms with E-state index in [1.165, 1.54) is 12.1 Å². The zero-order chi connectivity index (χ0) is 20.3. The summed E-state index contributed by atoms with van der Waals surface area (Å²) in [7, 11) is 0. The summed E-state index contributed by atoms with van der Waals surface area (Å²) in [6.45, 7) is -0.738. The molecular formula is C18H15ClF3N3O3. The standard InChI is InChI=1S/C18H15ClF3N3O3/c19-12-6-4-11(5-7-12)10-25(16(26)18(20,21)22)8-9-28-14-3-1-2-13-15(14)24-17(27)23-13/h1-7H,8-10H2,(H2,23,24,27). The summed E-state index contributed by atoms with van der Waals surface area (Å²) in [5.41, 5.74) is 0.979. The van der Waals surface area contributed by atoms with Gasteiger partial charge in [0, 0.05) is 11.6 Å². The van der Waals surface area contributed by atoms with Crippen LogP contribution in [-0.2, 0) is 11.3 Å². The van der Waals surface area contributed by atoms with Crippen LogP contribution in [0, 0.1) is 0 Å². The number of benzene rings is 2. The molecule has 0 saturated heterocycles. The summed E-state index contributed by atoms with van der Waals surface area (Å²) in [5.74, 6) is -1.67. The first-order chi connectivity index (χ1) is 13.2. The van der Waals surface area contributed by atoms with Crippen LogP contribution >= 0.6 is 11.6 Å². The molecule has 1 amide bonds. The second-order valence-electron chi connectivity index (χ2n) is 5.96. The van der Waals surface area contributed by atoms with Gasteiger partial charge in [0.25, 0.3) is 0 Å². The zero-order valence-corrected chi connectivity index (χ0v) is 15.1. The van der Waals surface area contributed by atoms with Crippen molar-refractivity contribution in [2.24, 2.45) is 0 Å². The first kappa shape index (κ1) is 19.8. The van der Waals surface area contributed by atoms with Crippen molar-refractivity contribution in [1.29, 1.82) is 0 Å². The summed E-state index contributed by atoms with van der Waals surface area (Å²) in [6, 6.07) is 11.0. The number of para-hydroxylation sites is 1. The minimum Gasteiger partial charge on any atom is -0.489 e. The van der Waals surface area contributed by atoms with Gasteiger partial charge in [0.15, 0.2) is 0 Å². The molecule has 10 heteroatoms. The van der Waals surface area contributed by atoms with Crippen molar-refractivity contribution in [2.45, 2.75) is 12.7 Å². The Morgan fingerprint density at radius 1 is 1.11 bits per heavy atom. The van der Waals surface area contributed by atoms with Crippen LogP contribution in [0.3, 0.4) is 0 Å². The van der Waals surface area contributed by atoms with Gasteiger partial charge in [0.2, 0.25) is 0 Å². The molecule has 0 aliphatic rings. The van der Waals surface area contributed by atoms with E-state index in [0.29, 0.717) is 32.3 Å². The molecule has 0 bridgehead atoms. The predicted molar refractivity (Wildman–Crippen MR) is 97.3 cm³/mol. The number of aromatic amines is 2. The molecule has 0 unspecified atom stereocenters. The third kappa shape index (κ3) is 4.66. The number of fused-ring (bicyclic) bond motifs is 1. The maximum absolute atomic E-state index is 12.9. The molecule has 1 heterocycles. The fourth-order valence-electron chi connectivity index (χ4n) is 2.66. The monoisotopic (exact) mass is 413 g/mol. The van der Waals surface area contributed by atoms with Crippen molar-refractivity contribution in [3.8, 4) is 5.75 Å². The van der Waals surface area contributed by atoms with E-state index in [1.54, 1.807) is 30.3 Å². The Labute approximate surface area is 161 Å². The van der Waals surface area contributed by atoms with Gasteiger partial charge in [0.05, 0.1) is 12.1 Å². The average molecular weight is 414 g/mol. The number of imidazole rings is 1. The number of nitrogens with one attached hydrogen (secondary N) is 2. The minimum absolute atomic E-state index is 0.193. The summed E-state index contributed by atoms with van der Waals surface area (Å²) in [5, 5.41) is 0.439.